The maximum atomic E-state index is 12.2. The molecule has 0 saturated carbocycles. The highest BCUT2D eigenvalue weighted by Gasteiger charge is 2.19. The Morgan fingerprint density at radius 1 is 1.38 bits per heavy atom. The lowest BCUT2D eigenvalue weighted by atomic mass is 10.0. The molecule has 0 saturated heterocycles. The highest BCUT2D eigenvalue weighted by atomic mass is 16.2. The molecule has 0 aliphatic heterocycles. The average molecular weight is 292 g/mol. The van der Waals surface area contributed by atoms with Crippen molar-refractivity contribution in [3.05, 3.63) is 35.4 Å². The summed E-state index contributed by atoms with van der Waals surface area (Å²) in [7, 11) is 3.58. The maximum absolute atomic E-state index is 12.2. The molecule has 1 aromatic rings. The Hall–Kier alpha value is -2.08. The lowest BCUT2D eigenvalue weighted by Gasteiger charge is -2.22. The first-order valence-corrected chi connectivity index (χ1v) is 6.95. The van der Waals surface area contributed by atoms with Gasteiger partial charge in [-0.3, -0.25) is 4.79 Å². The molecule has 6 nitrogen and oxygen atoms in total. The number of rotatable bonds is 7. The fourth-order valence-electron chi connectivity index (χ4n) is 2.05. The number of urea groups is 1. The Labute approximate surface area is 125 Å². The van der Waals surface area contributed by atoms with Crippen LogP contribution < -0.4 is 16.4 Å². The van der Waals surface area contributed by atoms with Gasteiger partial charge in [0, 0.05) is 20.1 Å². The number of likely N-dealkylation sites (N-methyl/N-ethyl adjacent to an activating group) is 2. The van der Waals surface area contributed by atoms with E-state index in [-0.39, 0.29) is 12.3 Å². The van der Waals surface area contributed by atoms with Crippen molar-refractivity contribution in [1.82, 2.24) is 15.5 Å². The number of nitrogens with zero attached hydrogens (tertiary/aromatic N) is 1. The number of hydrogen-bond donors (Lipinski definition) is 3. The van der Waals surface area contributed by atoms with Gasteiger partial charge in [-0.15, -0.1) is 0 Å². The van der Waals surface area contributed by atoms with Crippen LogP contribution in [0, 0.1) is 6.92 Å². The van der Waals surface area contributed by atoms with Crippen LogP contribution in [0.3, 0.4) is 0 Å². The standard InChI is InChI=1S/C15H24N4O2/c1-11-5-4-6-12(9-11)13(18-15(16)21)10-14(20)19(3)8-7-17-2/h4-6,9,13,17H,7-8,10H2,1-3H3,(H3,16,18,21). The van der Waals surface area contributed by atoms with E-state index < -0.39 is 12.1 Å². The number of benzene rings is 1. The van der Waals surface area contributed by atoms with Crippen LogP contribution in [-0.4, -0.2) is 44.0 Å². The van der Waals surface area contributed by atoms with Gasteiger partial charge in [0.25, 0.3) is 0 Å². The summed E-state index contributed by atoms with van der Waals surface area (Å²) in [6, 6.07) is 6.65. The second-order valence-electron chi connectivity index (χ2n) is 5.10. The van der Waals surface area contributed by atoms with Crippen molar-refractivity contribution < 1.29 is 9.59 Å². The van der Waals surface area contributed by atoms with E-state index in [2.05, 4.69) is 10.6 Å². The Bertz CT molecular complexity index is 490. The van der Waals surface area contributed by atoms with Crippen LogP contribution in [0.25, 0.3) is 0 Å². The van der Waals surface area contributed by atoms with E-state index in [1.165, 1.54) is 0 Å². The molecule has 3 amide bonds. The number of hydrogen-bond acceptors (Lipinski definition) is 3. The number of aryl methyl sites for hydroxylation is 1. The van der Waals surface area contributed by atoms with E-state index >= 15 is 0 Å². The van der Waals surface area contributed by atoms with Gasteiger partial charge in [-0.25, -0.2) is 4.79 Å². The lowest BCUT2D eigenvalue weighted by Crippen LogP contribution is -2.38. The van der Waals surface area contributed by atoms with Crippen LogP contribution in [0.5, 0.6) is 0 Å². The van der Waals surface area contributed by atoms with E-state index in [9.17, 15) is 9.59 Å². The predicted molar refractivity (Wildman–Crippen MR) is 82.8 cm³/mol. The van der Waals surface area contributed by atoms with Crippen molar-refractivity contribution in [3.63, 3.8) is 0 Å². The lowest BCUT2D eigenvalue weighted by molar-refractivity contribution is -0.130. The number of carbonyl (C=O) groups excluding carboxylic acids is 2. The van der Waals surface area contributed by atoms with Gasteiger partial charge in [-0.1, -0.05) is 29.8 Å². The van der Waals surface area contributed by atoms with Crippen molar-refractivity contribution in [2.45, 2.75) is 19.4 Å². The monoisotopic (exact) mass is 292 g/mol. The molecule has 0 aliphatic rings. The zero-order chi connectivity index (χ0) is 15.8. The van der Waals surface area contributed by atoms with Gasteiger partial charge in [0.15, 0.2) is 0 Å². The van der Waals surface area contributed by atoms with E-state index in [1.54, 1.807) is 11.9 Å². The number of nitrogens with one attached hydrogen (secondary N) is 2. The molecule has 1 atom stereocenters. The van der Waals surface area contributed by atoms with Gasteiger partial charge in [0.05, 0.1) is 12.5 Å². The molecule has 1 rings (SSSR count). The van der Waals surface area contributed by atoms with E-state index in [0.29, 0.717) is 6.54 Å². The van der Waals surface area contributed by atoms with Crippen molar-refractivity contribution in [1.29, 1.82) is 0 Å². The highest BCUT2D eigenvalue weighted by Crippen LogP contribution is 2.18. The molecule has 0 bridgehead atoms. The molecule has 116 valence electrons. The van der Waals surface area contributed by atoms with Gasteiger partial charge in [0.1, 0.15) is 0 Å². The summed E-state index contributed by atoms with van der Waals surface area (Å²) in [5.74, 6) is -0.0366. The first kappa shape index (κ1) is 17.0. The Morgan fingerprint density at radius 2 is 2.10 bits per heavy atom. The second-order valence-corrected chi connectivity index (χ2v) is 5.10. The number of carbonyl (C=O) groups is 2. The summed E-state index contributed by atoms with van der Waals surface area (Å²) in [5, 5.41) is 5.64. The quantitative estimate of drug-likeness (QED) is 0.694. The molecule has 1 aromatic carbocycles. The minimum absolute atomic E-state index is 0.0366. The maximum Gasteiger partial charge on any atom is 0.312 e. The van der Waals surface area contributed by atoms with Gasteiger partial charge in [0.2, 0.25) is 5.91 Å². The largest absolute Gasteiger partial charge is 0.352 e. The van der Waals surface area contributed by atoms with E-state index in [4.69, 9.17) is 5.73 Å². The molecule has 0 radical (unpaired) electrons. The predicted octanol–water partition coefficient (Wildman–Crippen LogP) is 0.772. The zero-order valence-corrected chi connectivity index (χ0v) is 12.8. The molecule has 6 heteroatoms. The molecular formula is C15H24N4O2. The third-order valence-electron chi connectivity index (χ3n) is 3.26. The Balaban J connectivity index is 2.79. The number of primary amides is 1. The van der Waals surface area contributed by atoms with Gasteiger partial charge < -0.3 is 21.3 Å². The third-order valence-corrected chi connectivity index (χ3v) is 3.26. The fourth-order valence-corrected chi connectivity index (χ4v) is 2.05. The first-order valence-electron chi connectivity index (χ1n) is 6.95. The van der Waals surface area contributed by atoms with Crippen LogP contribution in [-0.2, 0) is 4.79 Å². The Kier molecular flexibility index (Phi) is 6.68. The van der Waals surface area contributed by atoms with Crippen LogP contribution in [0.4, 0.5) is 4.79 Å². The van der Waals surface area contributed by atoms with Crippen LogP contribution in [0.1, 0.15) is 23.6 Å². The highest BCUT2D eigenvalue weighted by molar-refractivity contribution is 5.78. The molecule has 4 N–H and O–H groups in total. The summed E-state index contributed by atoms with van der Waals surface area (Å²) < 4.78 is 0. The van der Waals surface area contributed by atoms with Crippen molar-refractivity contribution in [2.24, 2.45) is 5.73 Å². The topological polar surface area (TPSA) is 87.5 Å². The normalized spacial score (nSPS) is 11.8. The van der Waals surface area contributed by atoms with Gasteiger partial charge in [-0.05, 0) is 19.5 Å². The summed E-state index contributed by atoms with van der Waals surface area (Å²) in [6.07, 6.45) is 0.187. The van der Waals surface area contributed by atoms with E-state index in [0.717, 1.165) is 17.7 Å². The first-order chi connectivity index (χ1) is 9.93. The zero-order valence-electron chi connectivity index (χ0n) is 12.8. The summed E-state index contributed by atoms with van der Waals surface area (Å²) in [4.78, 5) is 25.0. The summed E-state index contributed by atoms with van der Waals surface area (Å²) in [6.45, 7) is 3.30. The smallest absolute Gasteiger partial charge is 0.312 e. The molecular weight excluding hydrogens is 268 g/mol. The van der Waals surface area contributed by atoms with Crippen LogP contribution in [0.2, 0.25) is 0 Å². The number of nitrogens with two attached hydrogens (primary N) is 1. The van der Waals surface area contributed by atoms with Crippen molar-refractivity contribution in [3.8, 4) is 0 Å². The SMILES string of the molecule is CNCCN(C)C(=O)CC(NC(N)=O)c1cccc(C)c1. The molecule has 0 fully saturated rings. The molecule has 21 heavy (non-hydrogen) atoms. The molecule has 0 aliphatic carbocycles. The average Bonchev–Trinajstić information content (AvgIpc) is 2.43. The minimum atomic E-state index is -0.632. The molecule has 0 spiro atoms. The Morgan fingerprint density at radius 3 is 2.67 bits per heavy atom. The van der Waals surface area contributed by atoms with Gasteiger partial charge >= 0.3 is 6.03 Å². The summed E-state index contributed by atoms with van der Waals surface area (Å²) in [5.41, 5.74) is 7.16. The second kappa shape index (κ2) is 8.26. The summed E-state index contributed by atoms with van der Waals surface area (Å²) >= 11 is 0. The van der Waals surface area contributed by atoms with Crippen molar-refractivity contribution in [2.75, 3.05) is 27.2 Å². The van der Waals surface area contributed by atoms with Crippen LogP contribution >= 0.6 is 0 Å². The van der Waals surface area contributed by atoms with Crippen LogP contribution in [0.15, 0.2) is 24.3 Å². The third kappa shape index (κ3) is 5.83. The minimum Gasteiger partial charge on any atom is -0.352 e. The fraction of sp³-hybridized carbons (Fsp3) is 0.467. The van der Waals surface area contributed by atoms with E-state index in [1.807, 2.05) is 38.2 Å². The number of amides is 3. The molecule has 0 heterocycles. The molecule has 0 aromatic heterocycles. The van der Waals surface area contributed by atoms with Gasteiger partial charge in [-0.2, -0.15) is 0 Å². The van der Waals surface area contributed by atoms with Crippen molar-refractivity contribution >= 4 is 11.9 Å². The molecule has 1 unspecified atom stereocenters.